The lowest BCUT2D eigenvalue weighted by molar-refractivity contribution is 0.123. The first-order valence-electron chi connectivity index (χ1n) is 9.22. The highest BCUT2D eigenvalue weighted by Gasteiger charge is 2.37. The molecule has 0 fully saturated rings. The zero-order valence-electron chi connectivity index (χ0n) is 15.1. The van der Waals surface area contributed by atoms with Crippen molar-refractivity contribution < 1.29 is 4.74 Å². The highest BCUT2D eigenvalue weighted by Crippen LogP contribution is 2.39. The van der Waals surface area contributed by atoms with Gasteiger partial charge in [0.2, 0.25) is 0 Å². The van der Waals surface area contributed by atoms with Crippen molar-refractivity contribution in [2.24, 2.45) is 4.99 Å². The fourth-order valence-corrected chi connectivity index (χ4v) is 3.82. The predicted molar refractivity (Wildman–Crippen MR) is 111 cm³/mol. The van der Waals surface area contributed by atoms with Gasteiger partial charge in [-0.2, -0.15) is 0 Å². The molecule has 5 rings (SSSR count). The molecule has 2 aliphatic rings. The van der Waals surface area contributed by atoms with Crippen LogP contribution < -0.4 is 0 Å². The third kappa shape index (κ3) is 3.06. The lowest BCUT2D eigenvalue weighted by atomic mass is 9.96. The van der Waals surface area contributed by atoms with Crippen LogP contribution in [-0.2, 0) is 11.3 Å². The minimum Gasteiger partial charge on any atom is -0.472 e. The summed E-state index contributed by atoms with van der Waals surface area (Å²) < 4.78 is 6.23. The van der Waals surface area contributed by atoms with E-state index in [1.807, 2.05) is 42.5 Å². The maximum absolute atomic E-state index is 6.23. The van der Waals surface area contributed by atoms with E-state index in [0.717, 1.165) is 23.0 Å². The van der Waals surface area contributed by atoms with Gasteiger partial charge in [0.1, 0.15) is 12.4 Å². The van der Waals surface area contributed by atoms with Crippen LogP contribution in [0.4, 0.5) is 0 Å². The Bertz CT molecular complexity index is 1060. The zero-order valence-corrected chi connectivity index (χ0v) is 15.9. The molecule has 0 bridgehead atoms. The number of nitrogens with zero attached hydrogens (tertiary/aromatic N) is 3. The van der Waals surface area contributed by atoms with Crippen LogP contribution in [0.3, 0.4) is 0 Å². The van der Waals surface area contributed by atoms with Gasteiger partial charge in [-0.15, -0.1) is 0 Å². The van der Waals surface area contributed by atoms with Crippen LogP contribution in [0.25, 0.3) is 6.08 Å². The van der Waals surface area contributed by atoms with Crippen molar-refractivity contribution in [1.82, 2.24) is 9.88 Å². The zero-order chi connectivity index (χ0) is 18.9. The van der Waals surface area contributed by atoms with E-state index in [9.17, 15) is 0 Å². The Balaban J connectivity index is 1.51. The molecule has 2 aliphatic heterocycles. The Morgan fingerprint density at radius 1 is 1.00 bits per heavy atom. The largest absolute Gasteiger partial charge is 0.472 e. The van der Waals surface area contributed by atoms with Crippen LogP contribution in [0.5, 0.6) is 0 Å². The highest BCUT2D eigenvalue weighted by molar-refractivity contribution is 6.30. The lowest BCUT2D eigenvalue weighted by Crippen LogP contribution is -2.34. The number of hydrogen-bond donors (Lipinski definition) is 0. The van der Waals surface area contributed by atoms with Crippen LogP contribution in [0, 0.1) is 0 Å². The predicted octanol–water partition coefficient (Wildman–Crippen LogP) is 5.07. The summed E-state index contributed by atoms with van der Waals surface area (Å²) >= 11 is 6.07. The van der Waals surface area contributed by atoms with Crippen molar-refractivity contribution in [3.63, 3.8) is 0 Å². The molecule has 0 spiro atoms. The molecule has 0 saturated carbocycles. The van der Waals surface area contributed by atoms with Crippen molar-refractivity contribution in [2.75, 3.05) is 6.54 Å². The van der Waals surface area contributed by atoms with Crippen molar-refractivity contribution >= 4 is 23.5 Å². The first-order chi connectivity index (χ1) is 13.8. The van der Waals surface area contributed by atoms with E-state index in [4.69, 9.17) is 21.3 Å². The van der Waals surface area contributed by atoms with Gasteiger partial charge in [-0.1, -0.05) is 41.9 Å². The number of benzene rings is 2. The second-order valence-electron chi connectivity index (χ2n) is 6.78. The van der Waals surface area contributed by atoms with E-state index < -0.39 is 0 Å². The Labute approximate surface area is 168 Å². The third-order valence-corrected chi connectivity index (χ3v) is 5.27. The Kier molecular flexibility index (Phi) is 4.34. The summed E-state index contributed by atoms with van der Waals surface area (Å²) in [6.45, 7) is 1.10. The molecule has 3 heterocycles. The monoisotopic (exact) mass is 387 g/mol. The average Bonchev–Trinajstić information content (AvgIpc) is 3.19. The normalized spacial score (nSPS) is 17.5. The Hall–Kier alpha value is -3.11. The van der Waals surface area contributed by atoms with E-state index in [-0.39, 0.29) is 6.04 Å². The summed E-state index contributed by atoms with van der Waals surface area (Å²) in [5.41, 5.74) is 4.36. The van der Waals surface area contributed by atoms with E-state index in [1.165, 1.54) is 11.1 Å². The van der Waals surface area contributed by atoms with Crippen molar-refractivity contribution in [2.45, 2.75) is 12.6 Å². The smallest absolute Gasteiger partial charge is 0.196 e. The molecule has 1 atom stereocenters. The number of aromatic nitrogens is 1. The van der Waals surface area contributed by atoms with Crippen LogP contribution in [-0.4, -0.2) is 22.3 Å². The van der Waals surface area contributed by atoms with E-state index in [1.54, 1.807) is 6.20 Å². The Morgan fingerprint density at radius 2 is 1.82 bits per heavy atom. The van der Waals surface area contributed by atoms with Gasteiger partial charge in [-0.05, 0) is 47.5 Å². The maximum atomic E-state index is 6.23. The summed E-state index contributed by atoms with van der Waals surface area (Å²) in [4.78, 5) is 11.4. The van der Waals surface area contributed by atoms with Crippen molar-refractivity contribution in [3.05, 3.63) is 106 Å². The van der Waals surface area contributed by atoms with Gasteiger partial charge in [0.05, 0.1) is 18.3 Å². The van der Waals surface area contributed by atoms with Gasteiger partial charge in [-0.3, -0.25) is 14.9 Å². The highest BCUT2D eigenvalue weighted by atomic mass is 35.5. The van der Waals surface area contributed by atoms with E-state index in [0.29, 0.717) is 18.2 Å². The Morgan fingerprint density at radius 3 is 2.64 bits per heavy atom. The first-order valence-corrected chi connectivity index (χ1v) is 9.60. The number of aliphatic imine (C=N–C) groups is 1. The molecule has 0 saturated heterocycles. The molecule has 4 nitrogen and oxygen atoms in total. The number of pyridine rings is 1. The number of rotatable bonds is 4. The van der Waals surface area contributed by atoms with Gasteiger partial charge >= 0.3 is 0 Å². The summed E-state index contributed by atoms with van der Waals surface area (Å²) in [7, 11) is 0. The molecule has 3 aromatic rings. The molecular weight excluding hydrogens is 370 g/mol. The van der Waals surface area contributed by atoms with Crippen molar-refractivity contribution in [1.29, 1.82) is 0 Å². The summed E-state index contributed by atoms with van der Waals surface area (Å²) in [6, 6.07) is 22.2. The molecule has 0 aliphatic carbocycles. The topological polar surface area (TPSA) is 37.7 Å². The summed E-state index contributed by atoms with van der Waals surface area (Å²) in [6.07, 6.45) is 3.87. The standard InChI is InChI=1S/C23H18ClN3O/c24-18-10-8-16(9-11-18)23-26-14-21-20-7-2-1-5-17(20)13-22(27(21)23)28-15-19-6-3-4-12-25-19/h1-13,21H,14-15H2. The van der Waals surface area contributed by atoms with Crippen LogP contribution in [0.2, 0.25) is 5.02 Å². The van der Waals surface area contributed by atoms with E-state index in [2.05, 4.69) is 40.2 Å². The molecule has 5 heteroatoms. The van der Waals surface area contributed by atoms with Gasteiger partial charge in [0, 0.05) is 22.9 Å². The second kappa shape index (κ2) is 7.13. The molecule has 2 aromatic carbocycles. The van der Waals surface area contributed by atoms with Crippen LogP contribution in [0.15, 0.2) is 83.8 Å². The lowest BCUT2D eigenvalue weighted by Gasteiger charge is -2.34. The van der Waals surface area contributed by atoms with Gasteiger partial charge in [-0.25, -0.2) is 0 Å². The number of amidine groups is 1. The molecule has 1 aromatic heterocycles. The quantitative estimate of drug-likeness (QED) is 0.627. The first kappa shape index (κ1) is 17.0. The number of fused-ring (bicyclic) bond motifs is 3. The minimum atomic E-state index is 0.130. The maximum Gasteiger partial charge on any atom is 0.196 e. The molecule has 0 radical (unpaired) electrons. The fourth-order valence-electron chi connectivity index (χ4n) is 3.69. The molecule has 0 amide bonds. The SMILES string of the molecule is Clc1ccc(C2=NCC3c4ccccc4C=C(OCc4ccccn4)N23)cc1. The number of ether oxygens (including phenoxy) is 1. The molecule has 138 valence electrons. The summed E-state index contributed by atoms with van der Waals surface area (Å²) in [5.74, 6) is 1.70. The number of halogens is 1. The van der Waals surface area contributed by atoms with Gasteiger partial charge in [0.25, 0.3) is 0 Å². The van der Waals surface area contributed by atoms with Gasteiger partial charge in [0.15, 0.2) is 5.88 Å². The molecule has 28 heavy (non-hydrogen) atoms. The fraction of sp³-hybridized carbons (Fsp3) is 0.130. The van der Waals surface area contributed by atoms with Gasteiger partial charge < -0.3 is 4.74 Å². The van der Waals surface area contributed by atoms with E-state index >= 15 is 0 Å². The third-order valence-electron chi connectivity index (χ3n) is 5.02. The van der Waals surface area contributed by atoms with Crippen LogP contribution in [0.1, 0.15) is 28.4 Å². The molecule has 1 unspecified atom stereocenters. The number of hydrogen-bond acceptors (Lipinski definition) is 4. The van der Waals surface area contributed by atoms with Crippen molar-refractivity contribution in [3.8, 4) is 0 Å². The van der Waals surface area contributed by atoms with Crippen LogP contribution >= 0.6 is 11.6 Å². The minimum absolute atomic E-state index is 0.130. The average molecular weight is 388 g/mol. The second-order valence-corrected chi connectivity index (χ2v) is 7.21. The molecule has 0 N–H and O–H groups in total. The molecular formula is C23H18ClN3O. The summed E-state index contributed by atoms with van der Waals surface area (Å²) in [5, 5.41) is 0.713.